The van der Waals surface area contributed by atoms with Gasteiger partial charge in [0.05, 0.1) is 13.2 Å². The summed E-state index contributed by atoms with van der Waals surface area (Å²) in [5.41, 5.74) is -1.03. The van der Waals surface area contributed by atoms with Crippen molar-refractivity contribution in [2.45, 2.75) is 37.7 Å². The highest BCUT2D eigenvalue weighted by molar-refractivity contribution is 5.81. The highest BCUT2D eigenvalue weighted by Crippen LogP contribution is 2.40. The van der Waals surface area contributed by atoms with E-state index in [0.29, 0.717) is 18.7 Å². The first kappa shape index (κ1) is 19.5. The number of hydrogen-bond acceptors (Lipinski definition) is 5. The molecule has 0 bridgehead atoms. The zero-order valence-corrected chi connectivity index (χ0v) is 14.5. The van der Waals surface area contributed by atoms with Crippen LogP contribution in [-0.2, 0) is 15.1 Å². The van der Waals surface area contributed by atoms with E-state index in [2.05, 4.69) is 17.2 Å². The SMILES string of the molecule is O=C(OCC#CCNCCO)C(O)(c1ccccc1)C1CCCCC1. The van der Waals surface area contributed by atoms with Crippen molar-refractivity contribution in [2.24, 2.45) is 5.92 Å². The van der Waals surface area contributed by atoms with Crippen LogP contribution in [0.2, 0.25) is 0 Å². The maximum Gasteiger partial charge on any atom is 0.344 e. The number of aliphatic hydroxyl groups is 2. The Labute approximate surface area is 149 Å². The van der Waals surface area contributed by atoms with Gasteiger partial charge in [0.15, 0.2) is 12.2 Å². The summed E-state index contributed by atoms with van der Waals surface area (Å²) in [4.78, 5) is 12.7. The van der Waals surface area contributed by atoms with Crippen LogP contribution in [0.4, 0.5) is 0 Å². The van der Waals surface area contributed by atoms with E-state index in [-0.39, 0.29) is 19.1 Å². The van der Waals surface area contributed by atoms with Crippen LogP contribution < -0.4 is 5.32 Å². The second kappa shape index (κ2) is 10.2. The molecule has 5 nitrogen and oxygen atoms in total. The molecule has 0 spiro atoms. The second-order valence-corrected chi connectivity index (χ2v) is 6.30. The monoisotopic (exact) mass is 345 g/mol. The summed E-state index contributed by atoms with van der Waals surface area (Å²) >= 11 is 0. The third-order valence-electron chi connectivity index (χ3n) is 4.62. The number of carbonyl (C=O) groups excluding carboxylic acids is 1. The fourth-order valence-electron chi connectivity index (χ4n) is 3.29. The van der Waals surface area contributed by atoms with Gasteiger partial charge in [-0.25, -0.2) is 4.79 Å². The molecule has 1 atom stereocenters. The summed E-state index contributed by atoms with van der Waals surface area (Å²) in [5, 5.41) is 22.9. The molecule has 2 rings (SSSR count). The predicted molar refractivity (Wildman–Crippen MR) is 95.6 cm³/mol. The average Bonchev–Trinajstić information content (AvgIpc) is 2.67. The van der Waals surface area contributed by atoms with Gasteiger partial charge in [-0.2, -0.15) is 0 Å². The standard InChI is InChI=1S/C20H27NO4/c22-15-14-21-13-7-8-16-25-19(23)20(24,17-9-3-1-4-10-17)18-11-5-2-6-12-18/h1,3-4,9-10,18,21-22,24H,2,5-6,11-16H2. The number of rotatable bonds is 7. The van der Waals surface area contributed by atoms with E-state index in [1.165, 1.54) is 0 Å². The largest absolute Gasteiger partial charge is 0.450 e. The van der Waals surface area contributed by atoms with Gasteiger partial charge in [-0.3, -0.25) is 0 Å². The Morgan fingerprint density at radius 1 is 1.20 bits per heavy atom. The number of carbonyl (C=O) groups is 1. The molecule has 3 N–H and O–H groups in total. The van der Waals surface area contributed by atoms with Crippen LogP contribution in [0.3, 0.4) is 0 Å². The van der Waals surface area contributed by atoms with Gasteiger partial charge in [0.25, 0.3) is 0 Å². The van der Waals surface area contributed by atoms with E-state index in [1.54, 1.807) is 12.1 Å². The third-order valence-corrected chi connectivity index (χ3v) is 4.62. The van der Waals surface area contributed by atoms with Crippen LogP contribution in [0.1, 0.15) is 37.7 Å². The topological polar surface area (TPSA) is 78.8 Å². The van der Waals surface area contributed by atoms with Gasteiger partial charge in [0, 0.05) is 12.5 Å². The molecule has 0 heterocycles. The quantitative estimate of drug-likeness (QED) is 0.397. The third kappa shape index (κ3) is 5.30. The molecule has 1 saturated carbocycles. The first-order valence-corrected chi connectivity index (χ1v) is 8.92. The molecule has 0 amide bonds. The molecular weight excluding hydrogens is 318 g/mol. The molecule has 25 heavy (non-hydrogen) atoms. The number of nitrogens with one attached hydrogen (secondary N) is 1. The number of ether oxygens (including phenoxy) is 1. The van der Waals surface area contributed by atoms with Crippen molar-refractivity contribution < 1.29 is 19.7 Å². The summed E-state index contributed by atoms with van der Waals surface area (Å²) in [7, 11) is 0. The highest BCUT2D eigenvalue weighted by Gasteiger charge is 2.46. The van der Waals surface area contributed by atoms with Gasteiger partial charge in [-0.05, 0) is 18.4 Å². The molecule has 1 aliphatic carbocycles. The maximum absolute atomic E-state index is 12.7. The minimum absolute atomic E-state index is 0.0541. The summed E-state index contributed by atoms with van der Waals surface area (Å²) in [6.07, 6.45) is 4.81. The Bertz CT molecular complexity index is 587. The van der Waals surface area contributed by atoms with Gasteiger partial charge < -0.3 is 20.3 Å². The molecular formula is C20H27NO4. The van der Waals surface area contributed by atoms with Gasteiger partial charge in [0.1, 0.15) is 0 Å². The average molecular weight is 345 g/mol. The zero-order valence-electron chi connectivity index (χ0n) is 14.5. The molecule has 0 aromatic heterocycles. The normalized spacial score (nSPS) is 17.2. The predicted octanol–water partition coefficient (Wildman–Crippen LogP) is 1.58. The van der Waals surface area contributed by atoms with E-state index in [9.17, 15) is 9.90 Å². The van der Waals surface area contributed by atoms with Crippen molar-refractivity contribution in [1.29, 1.82) is 0 Å². The van der Waals surface area contributed by atoms with Crippen LogP contribution in [-0.4, -0.2) is 42.5 Å². The van der Waals surface area contributed by atoms with Gasteiger partial charge >= 0.3 is 5.97 Å². The molecule has 1 aromatic carbocycles. The Hall–Kier alpha value is -1.87. The fourth-order valence-corrected chi connectivity index (χ4v) is 3.29. The van der Waals surface area contributed by atoms with Crippen molar-refractivity contribution in [2.75, 3.05) is 26.3 Å². The highest BCUT2D eigenvalue weighted by atomic mass is 16.5. The van der Waals surface area contributed by atoms with E-state index in [0.717, 1.165) is 32.1 Å². The van der Waals surface area contributed by atoms with Crippen molar-refractivity contribution >= 4 is 5.97 Å². The molecule has 1 fully saturated rings. The fraction of sp³-hybridized carbons (Fsp3) is 0.550. The Morgan fingerprint density at radius 2 is 1.92 bits per heavy atom. The van der Waals surface area contributed by atoms with E-state index in [4.69, 9.17) is 9.84 Å². The van der Waals surface area contributed by atoms with Gasteiger partial charge in [-0.1, -0.05) is 61.4 Å². The van der Waals surface area contributed by atoms with Gasteiger partial charge in [-0.15, -0.1) is 0 Å². The lowest BCUT2D eigenvalue weighted by Crippen LogP contribution is -2.45. The number of esters is 1. The van der Waals surface area contributed by atoms with Crippen LogP contribution in [0, 0.1) is 17.8 Å². The van der Waals surface area contributed by atoms with Crippen LogP contribution >= 0.6 is 0 Å². The molecule has 0 saturated heterocycles. The number of benzene rings is 1. The minimum Gasteiger partial charge on any atom is -0.450 e. The first-order chi connectivity index (χ1) is 12.2. The summed E-state index contributed by atoms with van der Waals surface area (Å²) in [5.74, 6) is 4.82. The van der Waals surface area contributed by atoms with Crippen LogP contribution in [0.25, 0.3) is 0 Å². The lowest BCUT2D eigenvalue weighted by molar-refractivity contribution is -0.174. The molecule has 136 valence electrons. The molecule has 1 unspecified atom stereocenters. The van der Waals surface area contributed by atoms with E-state index >= 15 is 0 Å². The smallest absolute Gasteiger partial charge is 0.344 e. The zero-order chi connectivity index (χ0) is 18.0. The van der Waals surface area contributed by atoms with Crippen molar-refractivity contribution in [3.63, 3.8) is 0 Å². The minimum atomic E-state index is -1.61. The van der Waals surface area contributed by atoms with Gasteiger partial charge in [0.2, 0.25) is 0 Å². The van der Waals surface area contributed by atoms with Crippen LogP contribution in [0.5, 0.6) is 0 Å². The Balaban J connectivity index is 2.03. The molecule has 0 aliphatic heterocycles. The van der Waals surface area contributed by atoms with Crippen LogP contribution in [0.15, 0.2) is 30.3 Å². The Morgan fingerprint density at radius 3 is 2.60 bits per heavy atom. The summed E-state index contributed by atoms with van der Waals surface area (Å²) in [6.45, 7) is 0.900. The maximum atomic E-state index is 12.7. The Kier molecular flexibility index (Phi) is 7.93. The molecule has 1 aromatic rings. The second-order valence-electron chi connectivity index (χ2n) is 6.30. The number of aliphatic hydroxyl groups excluding tert-OH is 1. The first-order valence-electron chi connectivity index (χ1n) is 8.92. The molecule has 1 aliphatic rings. The van der Waals surface area contributed by atoms with Crippen molar-refractivity contribution in [3.05, 3.63) is 35.9 Å². The lowest BCUT2D eigenvalue weighted by Gasteiger charge is -2.36. The summed E-state index contributed by atoms with van der Waals surface area (Å²) < 4.78 is 5.28. The molecule has 5 heteroatoms. The molecule has 0 radical (unpaired) electrons. The van der Waals surface area contributed by atoms with Crippen molar-refractivity contribution in [1.82, 2.24) is 5.32 Å². The van der Waals surface area contributed by atoms with Crippen molar-refractivity contribution in [3.8, 4) is 11.8 Å². The van der Waals surface area contributed by atoms with E-state index in [1.807, 2.05) is 18.2 Å². The summed E-state index contributed by atoms with van der Waals surface area (Å²) in [6, 6.07) is 9.06. The number of hydrogen-bond donors (Lipinski definition) is 3. The lowest BCUT2D eigenvalue weighted by atomic mass is 9.73. The van der Waals surface area contributed by atoms with E-state index < -0.39 is 11.6 Å².